The van der Waals surface area contributed by atoms with Crippen molar-refractivity contribution >= 4 is 21.7 Å². The maximum Gasteiger partial charge on any atom is 0.173 e. The van der Waals surface area contributed by atoms with Gasteiger partial charge >= 0.3 is 0 Å². The minimum absolute atomic E-state index is 0.125. The number of Topliss-reactive ketones (excluding diaryl/α,β-unsaturated/α-hetero) is 1. The fourth-order valence-corrected chi connectivity index (χ4v) is 1.74. The molecule has 0 unspecified atom stereocenters. The van der Waals surface area contributed by atoms with E-state index in [1.54, 1.807) is 0 Å². The number of halogens is 1. The summed E-state index contributed by atoms with van der Waals surface area (Å²) in [5, 5.41) is 0.383. The van der Waals surface area contributed by atoms with Crippen LogP contribution in [-0.4, -0.2) is 11.1 Å². The van der Waals surface area contributed by atoms with Gasteiger partial charge in [0.25, 0.3) is 0 Å². The number of hydrogen-bond acceptors (Lipinski definition) is 1. The summed E-state index contributed by atoms with van der Waals surface area (Å²) >= 11 is 3.18. The third-order valence-corrected chi connectivity index (χ3v) is 3.40. The molecule has 0 bridgehead atoms. The second kappa shape index (κ2) is 5.13. The molecule has 0 fully saturated rings. The van der Waals surface area contributed by atoms with Crippen LogP contribution in [0.4, 0.5) is 0 Å². The van der Waals surface area contributed by atoms with Crippen LogP contribution in [0.3, 0.4) is 0 Å². The standard InChI is InChI=1S/C14H18BrO/c1-10(14(2,3)4)11-5-7-12(8-6-11)13(16)9-15/h5-8H,9H2,1-4H3. The molecule has 0 aliphatic carbocycles. The molecule has 16 heavy (non-hydrogen) atoms. The molecule has 87 valence electrons. The Morgan fingerprint density at radius 3 is 1.94 bits per heavy atom. The molecule has 0 saturated carbocycles. The molecule has 0 spiro atoms. The van der Waals surface area contributed by atoms with Crippen molar-refractivity contribution in [1.29, 1.82) is 0 Å². The highest BCUT2D eigenvalue weighted by Gasteiger charge is 2.22. The van der Waals surface area contributed by atoms with Crippen LogP contribution in [0, 0.1) is 11.3 Å². The predicted octanol–water partition coefficient (Wildman–Crippen LogP) is 4.25. The van der Waals surface area contributed by atoms with E-state index < -0.39 is 0 Å². The van der Waals surface area contributed by atoms with Crippen LogP contribution in [0.1, 0.15) is 43.6 Å². The Bertz CT molecular complexity index is 359. The zero-order chi connectivity index (χ0) is 12.3. The number of alkyl halides is 1. The van der Waals surface area contributed by atoms with Crippen molar-refractivity contribution in [1.82, 2.24) is 0 Å². The first-order valence-electron chi connectivity index (χ1n) is 5.40. The van der Waals surface area contributed by atoms with Gasteiger partial charge in [-0.3, -0.25) is 4.79 Å². The molecular formula is C14H18BrO. The summed E-state index contributed by atoms with van der Waals surface area (Å²) in [7, 11) is 0. The molecule has 0 saturated heterocycles. The van der Waals surface area contributed by atoms with E-state index in [1.165, 1.54) is 11.5 Å². The van der Waals surface area contributed by atoms with E-state index in [2.05, 4.69) is 43.6 Å². The number of carbonyl (C=O) groups excluding carboxylic acids is 1. The molecule has 1 nitrogen and oxygen atoms in total. The summed E-state index contributed by atoms with van der Waals surface area (Å²) in [6, 6.07) is 7.84. The van der Waals surface area contributed by atoms with Gasteiger partial charge in [0.05, 0.1) is 5.33 Å². The van der Waals surface area contributed by atoms with E-state index in [0.717, 1.165) is 5.56 Å². The lowest BCUT2D eigenvalue weighted by Crippen LogP contribution is -2.16. The van der Waals surface area contributed by atoms with Crippen LogP contribution < -0.4 is 0 Å². The maximum absolute atomic E-state index is 11.4. The second-order valence-corrected chi connectivity index (χ2v) is 5.57. The molecule has 0 aliphatic heterocycles. The summed E-state index contributed by atoms with van der Waals surface area (Å²) in [5.41, 5.74) is 2.14. The first-order chi connectivity index (χ1) is 7.36. The third kappa shape index (κ3) is 3.18. The molecule has 0 amide bonds. The zero-order valence-electron chi connectivity index (χ0n) is 10.3. The fourth-order valence-electron chi connectivity index (χ4n) is 1.42. The first kappa shape index (κ1) is 13.4. The maximum atomic E-state index is 11.4. The van der Waals surface area contributed by atoms with Crippen molar-refractivity contribution < 1.29 is 4.79 Å². The van der Waals surface area contributed by atoms with Crippen LogP contribution in [0.5, 0.6) is 0 Å². The van der Waals surface area contributed by atoms with Gasteiger partial charge in [-0.2, -0.15) is 0 Å². The highest BCUT2D eigenvalue weighted by molar-refractivity contribution is 9.09. The quantitative estimate of drug-likeness (QED) is 0.598. The van der Waals surface area contributed by atoms with Gasteiger partial charge in [-0.25, -0.2) is 0 Å². The van der Waals surface area contributed by atoms with Gasteiger partial charge in [0.15, 0.2) is 5.78 Å². The molecule has 0 aliphatic rings. The minimum Gasteiger partial charge on any atom is -0.293 e. The van der Waals surface area contributed by atoms with Crippen LogP contribution in [0.2, 0.25) is 0 Å². The van der Waals surface area contributed by atoms with Crippen molar-refractivity contribution in [2.45, 2.75) is 27.7 Å². The van der Waals surface area contributed by atoms with Gasteiger partial charge < -0.3 is 0 Å². The summed E-state index contributed by atoms with van der Waals surface area (Å²) in [4.78, 5) is 11.4. The largest absolute Gasteiger partial charge is 0.293 e. The van der Waals surface area contributed by atoms with Crippen molar-refractivity contribution in [3.8, 4) is 0 Å². The molecule has 1 aromatic rings. The van der Waals surface area contributed by atoms with E-state index in [0.29, 0.717) is 5.33 Å². The van der Waals surface area contributed by atoms with Crippen LogP contribution >= 0.6 is 15.9 Å². The molecule has 1 aromatic carbocycles. The Balaban J connectivity index is 2.91. The lowest BCUT2D eigenvalue weighted by molar-refractivity contribution is 0.102. The summed E-state index contributed by atoms with van der Waals surface area (Å²) in [5.74, 6) is 1.46. The average Bonchev–Trinajstić information content (AvgIpc) is 2.26. The van der Waals surface area contributed by atoms with Crippen molar-refractivity contribution in [3.05, 3.63) is 41.3 Å². The Kier molecular flexibility index (Phi) is 4.31. The summed E-state index contributed by atoms with van der Waals surface area (Å²) in [6.45, 7) is 8.72. The molecule has 0 aromatic heterocycles. The number of rotatable bonds is 3. The van der Waals surface area contributed by atoms with Gasteiger partial charge in [-0.05, 0) is 11.0 Å². The van der Waals surface area contributed by atoms with E-state index in [-0.39, 0.29) is 11.2 Å². The lowest BCUT2D eigenvalue weighted by Gasteiger charge is -2.27. The highest BCUT2D eigenvalue weighted by Crippen LogP contribution is 2.33. The smallest absolute Gasteiger partial charge is 0.173 e. The Morgan fingerprint density at radius 2 is 1.56 bits per heavy atom. The Hall–Kier alpha value is -0.630. The Morgan fingerprint density at radius 1 is 1.12 bits per heavy atom. The van der Waals surface area contributed by atoms with Crippen LogP contribution in [0.15, 0.2) is 24.3 Å². The lowest BCUT2D eigenvalue weighted by atomic mass is 9.78. The van der Waals surface area contributed by atoms with Gasteiger partial charge in [0.1, 0.15) is 0 Å². The SMILES string of the molecule is C[C](c1ccc(C(=O)CBr)cc1)C(C)(C)C. The van der Waals surface area contributed by atoms with E-state index in [9.17, 15) is 4.79 Å². The zero-order valence-corrected chi connectivity index (χ0v) is 11.9. The fraction of sp³-hybridized carbons (Fsp3) is 0.429. The molecule has 2 heteroatoms. The summed E-state index contributed by atoms with van der Waals surface area (Å²) in [6.07, 6.45) is 0. The van der Waals surface area contributed by atoms with Crippen molar-refractivity contribution in [3.63, 3.8) is 0 Å². The highest BCUT2D eigenvalue weighted by atomic mass is 79.9. The molecule has 1 rings (SSSR count). The van der Waals surface area contributed by atoms with Crippen molar-refractivity contribution in [2.24, 2.45) is 5.41 Å². The molecular weight excluding hydrogens is 264 g/mol. The second-order valence-electron chi connectivity index (χ2n) is 5.01. The normalized spacial score (nSPS) is 11.9. The number of benzene rings is 1. The molecule has 0 heterocycles. The monoisotopic (exact) mass is 281 g/mol. The number of ketones is 1. The molecule has 0 N–H and O–H groups in total. The third-order valence-electron chi connectivity index (χ3n) is 2.89. The number of carbonyl (C=O) groups is 1. The molecule has 1 radical (unpaired) electrons. The summed E-state index contributed by atoms with van der Waals surface area (Å²) < 4.78 is 0. The van der Waals surface area contributed by atoms with E-state index in [1.807, 2.05) is 24.3 Å². The van der Waals surface area contributed by atoms with Crippen molar-refractivity contribution in [2.75, 3.05) is 5.33 Å². The topological polar surface area (TPSA) is 17.1 Å². The minimum atomic E-state index is 0.125. The predicted molar refractivity (Wildman–Crippen MR) is 72.0 cm³/mol. The van der Waals surface area contributed by atoms with E-state index in [4.69, 9.17) is 0 Å². The molecule has 0 atom stereocenters. The van der Waals surface area contributed by atoms with Crippen LogP contribution in [0.25, 0.3) is 0 Å². The first-order valence-corrected chi connectivity index (χ1v) is 6.52. The number of hydrogen-bond donors (Lipinski definition) is 0. The van der Waals surface area contributed by atoms with Gasteiger partial charge in [0, 0.05) is 11.5 Å². The van der Waals surface area contributed by atoms with E-state index >= 15 is 0 Å². The van der Waals surface area contributed by atoms with Gasteiger partial charge in [-0.15, -0.1) is 0 Å². The Labute approximate surface area is 106 Å². The van der Waals surface area contributed by atoms with Gasteiger partial charge in [-0.1, -0.05) is 67.9 Å². The van der Waals surface area contributed by atoms with Gasteiger partial charge in [0.2, 0.25) is 0 Å². The average molecular weight is 282 g/mol. The van der Waals surface area contributed by atoms with Crippen LogP contribution in [-0.2, 0) is 0 Å².